The fraction of sp³-hybridized carbons (Fsp3) is 0.667. The summed E-state index contributed by atoms with van der Waals surface area (Å²) in [4.78, 5) is 0. The van der Waals surface area contributed by atoms with E-state index in [2.05, 4.69) is 25.9 Å². The molecule has 1 rings (SSSR count). The number of anilines is 1. The Bertz CT molecular complexity index is 268. The summed E-state index contributed by atoms with van der Waals surface area (Å²) in [5, 5.41) is 4.19. The standard InChI is InChI=1S/C9H17N3/c1-7-5-11-12(8(7)10)6-9(2,3)4/h5H,6,10H2,1-4H3. The average Bonchev–Trinajstić information content (AvgIpc) is 2.16. The van der Waals surface area contributed by atoms with Crippen LogP contribution in [0.3, 0.4) is 0 Å². The molecule has 12 heavy (non-hydrogen) atoms. The molecule has 3 nitrogen and oxygen atoms in total. The Labute approximate surface area is 73.6 Å². The highest BCUT2D eigenvalue weighted by molar-refractivity contribution is 5.37. The minimum Gasteiger partial charge on any atom is -0.384 e. The van der Waals surface area contributed by atoms with E-state index >= 15 is 0 Å². The minimum atomic E-state index is 0.229. The highest BCUT2D eigenvalue weighted by Crippen LogP contribution is 2.19. The van der Waals surface area contributed by atoms with E-state index in [-0.39, 0.29) is 5.41 Å². The van der Waals surface area contributed by atoms with Crippen LogP contribution in [-0.2, 0) is 6.54 Å². The van der Waals surface area contributed by atoms with Gasteiger partial charge in [-0.05, 0) is 12.3 Å². The van der Waals surface area contributed by atoms with Crippen molar-refractivity contribution in [3.63, 3.8) is 0 Å². The molecule has 3 heteroatoms. The molecule has 1 aromatic heterocycles. The lowest BCUT2D eigenvalue weighted by molar-refractivity contribution is 0.328. The molecule has 68 valence electrons. The highest BCUT2D eigenvalue weighted by atomic mass is 15.3. The van der Waals surface area contributed by atoms with Gasteiger partial charge in [0.15, 0.2) is 0 Å². The summed E-state index contributed by atoms with van der Waals surface area (Å²) >= 11 is 0. The van der Waals surface area contributed by atoms with Crippen molar-refractivity contribution in [2.45, 2.75) is 34.2 Å². The lowest BCUT2D eigenvalue weighted by Crippen LogP contribution is -2.18. The maximum atomic E-state index is 5.81. The summed E-state index contributed by atoms with van der Waals surface area (Å²) in [5.41, 5.74) is 7.09. The second-order valence-electron chi connectivity index (χ2n) is 4.43. The van der Waals surface area contributed by atoms with Crippen molar-refractivity contribution in [1.82, 2.24) is 9.78 Å². The number of aromatic nitrogens is 2. The third-order valence-corrected chi connectivity index (χ3v) is 1.70. The third-order valence-electron chi connectivity index (χ3n) is 1.70. The van der Waals surface area contributed by atoms with Crippen LogP contribution in [0.2, 0.25) is 0 Å². The van der Waals surface area contributed by atoms with Gasteiger partial charge in [-0.3, -0.25) is 0 Å². The van der Waals surface area contributed by atoms with Crippen molar-refractivity contribution in [2.75, 3.05) is 5.73 Å². The van der Waals surface area contributed by atoms with E-state index in [1.165, 1.54) is 0 Å². The van der Waals surface area contributed by atoms with Gasteiger partial charge in [0.25, 0.3) is 0 Å². The Morgan fingerprint density at radius 3 is 2.42 bits per heavy atom. The van der Waals surface area contributed by atoms with E-state index in [0.717, 1.165) is 17.9 Å². The number of nitrogen functional groups attached to an aromatic ring is 1. The molecule has 0 bridgehead atoms. The van der Waals surface area contributed by atoms with Gasteiger partial charge in [-0.25, -0.2) is 4.68 Å². The molecule has 0 fully saturated rings. The quantitative estimate of drug-likeness (QED) is 0.693. The molecule has 0 radical (unpaired) electrons. The molecule has 0 saturated carbocycles. The van der Waals surface area contributed by atoms with Gasteiger partial charge in [0.1, 0.15) is 5.82 Å². The molecular weight excluding hydrogens is 150 g/mol. The van der Waals surface area contributed by atoms with Crippen LogP contribution < -0.4 is 5.73 Å². The van der Waals surface area contributed by atoms with Crippen molar-refractivity contribution in [3.05, 3.63) is 11.8 Å². The summed E-state index contributed by atoms with van der Waals surface area (Å²) in [6, 6.07) is 0. The number of nitrogens with two attached hydrogens (primary N) is 1. The number of nitrogens with zero attached hydrogens (tertiary/aromatic N) is 2. The fourth-order valence-electron chi connectivity index (χ4n) is 1.06. The molecule has 0 aromatic carbocycles. The van der Waals surface area contributed by atoms with Gasteiger partial charge in [-0.1, -0.05) is 20.8 Å². The van der Waals surface area contributed by atoms with Gasteiger partial charge in [0.2, 0.25) is 0 Å². The predicted molar refractivity (Wildman–Crippen MR) is 50.8 cm³/mol. The summed E-state index contributed by atoms with van der Waals surface area (Å²) in [6.45, 7) is 9.35. The molecule has 0 aliphatic rings. The first-order valence-corrected chi connectivity index (χ1v) is 4.18. The number of hydrogen-bond acceptors (Lipinski definition) is 2. The Kier molecular flexibility index (Phi) is 2.13. The zero-order valence-electron chi connectivity index (χ0n) is 8.26. The summed E-state index contributed by atoms with van der Waals surface area (Å²) in [7, 11) is 0. The van der Waals surface area contributed by atoms with Crippen molar-refractivity contribution in [2.24, 2.45) is 5.41 Å². The van der Waals surface area contributed by atoms with Crippen molar-refractivity contribution in [1.29, 1.82) is 0 Å². The smallest absolute Gasteiger partial charge is 0.124 e. The van der Waals surface area contributed by atoms with Gasteiger partial charge in [-0.15, -0.1) is 0 Å². The number of rotatable bonds is 1. The van der Waals surface area contributed by atoms with Crippen LogP contribution in [0.1, 0.15) is 26.3 Å². The molecule has 0 unspecified atom stereocenters. The molecule has 0 amide bonds. The van der Waals surface area contributed by atoms with Crippen molar-refractivity contribution in [3.8, 4) is 0 Å². The maximum absolute atomic E-state index is 5.81. The van der Waals surface area contributed by atoms with Crippen molar-refractivity contribution >= 4 is 5.82 Å². The molecule has 2 N–H and O–H groups in total. The first kappa shape index (κ1) is 9.10. The van der Waals surface area contributed by atoms with Crippen LogP contribution in [0.25, 0.3) is 0 Å². The average molecular weight is 167 g/mol. The van der Waals surface area contributed by atoms with Crippen LogP contribution in [-0.4, -0.2) is 9.78 Å². The Morgan fingerprint density at radius 1 is 1.50 bits per heavy atom. The summed E-state index contributed by atoms with van der Waals surface area (Å²) in [6.07, 6.45) is 1.81. The van der Waals surface area contributed by atoms with E-state index in [1.54, 1.807) is 6.20 Å². The molecule has 1 heterocycles. The van der Waals surface area contributed by atoms with E-state index in [4.69, 9.17) is 5.73 Å². The van der Waals surface area contributed by atoms with E-state index in [0.29, 0.717) is 0 Å². The van der Waals surface area contributed by atoms with E-state index in [1.807, 2.05) is 11.6 Å². The first-order chi connectivity index (χ1) is 5.40. The maximum Gasteiger partial charge on any atom is 0.124 e. The molecule has 0 aliphatic carbocycles. The minimum absolute atomic E-state index is 0.229. The number of hydrogen-bond donors (Lipinski definition) is 1. The van der Waals surface area contributed by atoms with E-state index in [9.17, 15) is 0 Å². The summed E-state index contributed by atoms with van der Waals surface area (Å²) in [5.74, 6) is 0.782. The topological polar surface area (TPSA) is 43.8 Å². The molecule has 0 aliphatic heterocycles. The SMILES string of the molecule is Cc1cnn(CC(C)(C)C)c1N. The van der Waals surface area contributed by atoms with Crippen LogP contribution in [0, 0.1) is 12.3 Å². The largest absolute Gasteiger partial charge is 0.384 e. The summed E-state index contributed by atoms with van der Waals surface area (Å²) < 4.78 is 1.86. The van der Waals surface area contributed by atoms with Gasteiger partial charge in [0, 0.05) is 12.1 Å². The van der Waals surface area contributed by atoms with E-state index < -0.39 is 0 Å². The van der Waals surface area contributed by atoms with Gasteiger partial charge < -0.3 is 5.73 Å². The zero-order chi connectivity index (χ0) is 9.35. The normalized spacial score (nSPS) is 12.0. The van der Waals surface area contributed by atoms with Crippen LogP contribution in [0.15, 0.2) is 6.20 Å². The van der Waals surface area contributed by atoms with Crippen LogP contribution in [0.5, 0.6) is 0 Å². The van der Waals surface area contributed by atoms with Crippen LogP contribution in [0.4, 0.5) is 5.82 Å². The Morgan fingerprint density at radius 2 is 2.08 bits per heavy atom. The second kappa shape index (κ2) is 2.81. The Balaban J connectivity index is 2.83. The van der Waals surface area contributed by atoms with Crippen LogP contribution >= 0.6 is 0 Å². The zero-order valence-corrected chi connectivity index (χ0v) is 8.26. The lowest BCUT2D eigenvalue weighted by Gasteiger charge is -2.18. The molecule has 1 aromatic rings. The van der Waals surface area contributed by atoms with Gasteiger partial charge in [0.05, 0.1) is 6.20 Å². The predicted octanol–water partition coefficient (Wildman–Crippen LogP) is 1.82. The molecule has 0 atom stereocenters. The third kappa shape index (κ3) is 2.00. The Hall–Kier alpha value is -0.990. The number of aryl methyl sites for hydroxylation is 1. The highest BCUT2D eigenvalue weighted by Gasteiger charge is 2.13. The monoisotopic (exact) mass is 167 g/mol. The van der Waals surface area contributed by atoms with Crippen molar-refractivity contribution < 1.29 is 0 Å². The first-order valence-electron chi connectivity index (χ1n) is 4.18. The van der Waals surface area contributed by atoms with Gasteiger partial charge in [-0.2, -0.15) is 5.10 Å². The molecular formula is C9H17N3. The molecule has 0 saturated heterocycles. The fourth-order valence-corrected chi connectivity index (χ4v) is 1.06. The van der Waals surface area contributed by atoms with Gasteiger partial charge >= 0.3 is 0 Å². The second-order valence-corrected chi connectivity index (χ2v) is 4.43. The lowest BCUT2D eigenvalue weighted by atomic mass is 9.97. The molecule has 0 spiro atoms.